The van der Waals surface area contributed by atoms with Crippen LogP contribution in [0.4, 0.5) is 0 Å². The van der Waals surface area contributed by atoms with Crippen LogP contribution in [0.25, 0.3) is 17.0 Å². The standard InChI is InChI=1S/C22H20BrN3/c1-4-19(23)13-18-9-6-8-17(12-11-15(18)2)20-14-24-26-22(20)21-10-5-7-16(3)25-21/h4-14H,2H2,1,3H3,(H,24,26)/b9-6+,12-11-,17-8-,18-13-,19-4+. The van der Waals surface area contributed by atoms with Gasteiger partial charge >= 0.3 is 0 Å². The number of aryl methyl sites for hydroxylation is 1. The molecule has 0 amide bonds. The molecule has 3 rings (SSSR count). The topological polar surface area (TPSA) is 41.6 Å². The van der Waals surface area contributed by atoms with Crippen molar-refractivity contribution in [2.45, 2.75) is 13.8 Å². The summed E-state index contributed by atoms with van der Waals surface area (Å²) in [6.45, 7) is 8.15. The van der Waals surface area contributed by atoms with Gasteiger partial charge < -0.3 is 0 Å². The van der Waals surface area contributed by atoms with Gasteiger partial charge in [-0.1, -0.05) is 65.0 Å². The van der Waals surface area contributed by atoms with Crippen molar-refractivity contribution < 1.29 is 0 Å². The van der Waals surface area contributed by atoms with Gasteiger partial charge in [-0.3, -0.25) is 10.1 Å². The minimum absolute atomic E-state index is 0.884. The summed E-state index contributed by atoms with van der Waals surface area (Å²) in [5.74, 6) is 0. The molecular weight excluding hydrogens is 386 g/mol. The smallest absolute Gasteiger partial charge is 0.0912 e. The molecule has 0 atom stereocenters. The monoisotopic (exact) mass is 405 g/mol. The molecule has 0 bridgehead atoms. The molecule has 130 valence electrons. The number of halogens is 1. The fourth-order valence-electron chi connectivity index (χ4n) is 2.64. The minimum Gasteiger partial charge on any atom is -0.276 e. The number of H-pyrrole nitrogens is 1. The Morgan fingerprint density at radius 2 is 2.08 bits per heavy atom. The van der Waals surface area contributed by atoms with E-state index in [9.17, 15) is 0 Å². The molecule has 1 aliphatic rings. The molecule has 0 saturated carbocycles. The van der Waals surface area contributed by atoms with Crippen molar-refractivity contribution in [2.24, 2.45) is 0 Å². The molecule has 1 N–H and O–H groups in total. The van der Waals surface area contributed by atoms with Crippen molar-refractivity contribution in [1.29, 1.82) is 0 Å². The molecule has 0 unspecified atom stereocenters. The van der Waals surface area contributed by atoms with Gasteiger partial charge in [0.2, 0.25) is 0 Å². The zero-order chi connectivity index (χ0) is 18.5. The number of hydrogen-bond acceptors (Lipinski definition) is 2. The first-order valence-corrected chi connectivity index (χ1v) is 9.15. The zero-order valence-corrected chi connectivity index (χ0v) is 16.4. The Balaban J connectivity index is 2.00. The molecular formula is C22H20BrN3. The number of pyridine rings is 1. The maximum atomic E-state index is 4.60. The second kappa shape index (κ2) is 8.11. The van der Waals surface area contributed by atoms with Gasteiger partial charge in [-0.15, -0.1) is 0 Å². The van der Waals surface area contributed by atoms with Gasteiger partial charge in [0.1, 0.15) is 0 Å². The Morgan fingerprint density at radius 1 is 1.23 bits per heavy atom. The highest BCUT2D eigenvalue weighted by atomic mass is 79.9. The van der Waals surface area contributed by atoms with Crippen LogP contribution in [0.2, 0.25) is 0 Å². The lowest BCUT2D eigenvalue weighted by Crippen LogP contribution is -1.91. The number of allylic oxidation sites excluding steroid dienone is 11. The summed E-state index contributed by atoms with van der Waals surface area (Å²) in [6.07, 6.45) is 16.1. The number of nitrogens with one attached hydrogen (secondary N) is 1. The second-order valence-corrected chi connectivity index (χ2v) is 6.85. The highest BCUT2D eigenvalue weighted by Gasteiger charge is 2.12. The summed E-state index contributed by atoms with van der Waals surface area (Å²) in [6, 6.07) is 5.97. The third kappa shape index (κ3) is 4.09. The van der Waals surface area contributed by atoms with Crippen molar-refractivity contribution in [1.82, 2.24) is 15.2 Å². The van der Waals surface area contributed by atoms with Crippen LogP contribution in [0.5, 0.6) is 0 Å². The molecule has 0 aromatic carbocycles. The largest absolute Gasteiger partial charge is 0.276 e. The lowest BCUT2D eigenvalue weighted by Gasteiger charge is -2.08. The van der Waals surface area contributed by atoms with E-state index in [2.05, 4.69) is 62.0 Å². The molecule has 0 saturated heterocycles. The lowest BCUT2D eigenvalue weighted by molar-refractivity contribution is 1.08. The maximum Gasteiger partial charge on any atom is 0.0912 e. The van der Waals surface area contributed by atoms with Gasteiger partial charge in [-0.2, -0.15) is 5.10 Å². The third-order valence-electron chi connectivity index (χ3n) is 4.05. The van der Waals surface area contributed by atoms with E-state index in [1.807, 2.05) is 56.5 Å². The van der Waals surface area contributed by atoms with Crippen LogP contribution < -0.4 is 0 Å². The second-order valence-electron chi connectivity index (χ2n) is 5.94. The summed E-state index contributed by atoms with van der Waals surface area (Å²) in [4.78, 5) is 4.60. The number of rotatable bonds is 3. The first-order valence-electron chi connectivity index (χ1n) is 8.35. The van der Waals surface area contributed by atoms with Crippen LogP contribution in [0.1, 0.15) is 18.2 Å². The van der Waals surface area contributed by atoms with E-state index in [1.165, 1.54) is 0 Å². The van der Waals surface area contributed by atoms with E-state index in [1.54, 1.807) is 0 Å². The molecule has 26 heavy (non-hydrogen) atoms. The fraction of sp³-hybridized carbons (Fsp3) is 0.0909. The van der Waals surface area contributed by atoms with Gasteiger partial charge in [-0.05, 0) is 48.8 Å². The SMILES string of the molecule is C=C1\C=C/C(c2cn[nH]c2-c2cccc(C)n2)=C/C=C/C1=C/C(Br)=C\C. The van der Waals surface area contributed by atoms with E-state index < -0.39 is 0 Å². The molecule has 2 aromatic rings. The van der Waals surface area contributed by atoms with E-state index >= 15 is 0 Å². The Labute approximate surface area is 162 Å². The number of hydrogen-bond donors (Lipinski definition) is 1. The van der Waals surface area contributed by atoms with Crippen molar-refractivity contribution in [3.8, 4) is 11.4 Å². The lowest BCUT2D eigenvalue weighted by atomic mass is 9.98. The zero-order valence-electron chi connectivity index (χ0n) is 14.8. The van der Waals surface area contributed by atoms with Gasteiger partial charge in [-0.25, -0.2) is 0 Å². The van der Waals surface area contributed by atoms with Crippen molar-refractivity contribution in [3.63, 3.8) is 0 Å². The highest BCUT2D eigenvalue weighted by molar-refractivity contribution is 9.11. The highest BCUT2D eigenvalue weighted by Crippen LogP contribution is 2.29. The summed E-state index contributed by atoms with van der Waals surface area (Å²) in [5, 5.41) is 7.31. The van der Waals surface area contributed by atoms with E-state index in [0.29, 0.717) is 0 Å². The van der Waals surface area contributed by atoms with E-state index in [-0.39, 0.29) is 0 Å². The van der Waals surface area contributed by atoms with Gasteiger partial charge in [0.05, 0.1) is 17.6 Å². The minimum atomic E-state index is 0.884. The molecule has 0 aliphatic heterocycles. The quantitative estimate of drug-likeness (QED) is 0.672. The van der Waals surface area contributed by atoms with Gasteiger partial charge in [0.15, 0.2) is 0 Å². The maximum absolute atomic E-state index is 4.60. The van der Waals surface area contributed by atoms with E-state index in [4.69, 9.17) is 0 Å². The summed E-state index contributed by atoms with van der Waals surface area (Å²) in [7, 11) is 0. The Hall–Kier alpha value is -2.72. The Kier molecular flexibility index (Phi) is 5.64. The number of aromatic amines is 1. The van der Waals surface area contributed by atoms with Crippen LogP contribution in [0.15, 0.2) is 89.1 Å². The molecule has 2 heterocycles. The fourth-order valence-corrected chi connectivity index (χ4v) is 2.89. The Bertz CT molecular complexity index is 984. The molecule has 0 spiro atoms. The van der Waals surface area contributed by atoms with Gasteiger partial charge in [0.25, 0.3) is 0 Å². The molecule has 3 nitrogen and oxygen atoms in total. The van der Waals surface area contributed by atoms with Crippen molar-refractivity contribution in [2.75, 3.05) is 0 Å². The van der Waals surface area contributed by atoms with Gasteiger partial charge in [0, 0.05) is 15.7 Å². The third-order valence-corrected chi connectivity index (χ3v) is 4.74. The average molecular weight is 406 g/mol. The first-order chi connectivity index (χ1) is 12.6. The average Bonchev–Trinajstić information content (AvgIpc) is 3.11. The van der Waals surface area contributed by atoms with Crippen LogP contribution in [0.3, 0.4) is 0 Å². The molecule has 4 heteroatoms. The molecule has 1 aliphatic carbocycles. The first kappa shape index (κ1) is 18.1. The summed E-state index contributed by atoms with van der Waals surface area (Å²) in [5.41, 5.74) is 6.85. The van der Waals surface area contributed by atoms with Crippen LogP contribution in [-0.2, 0) is 0 Å². The van der Waals surface area contributed by atoms with Crippen molar-refractivity contribution in [3.05, 3.63) is 100 Å². The summed E-state index contributed by atoms with van der Waals surface area (Å²) >= 11 is 3.52. The van der Waals surface area contributed by atoms with Crippen LogP contribution in [-0.4, -0.2) is 15.2 Å². The normalized spacial score (nSPS) is 21.0. The van der Waals surface area contributed by atoms with Crippen LogP contribution >= 0.6 is 15.9 Å². The van der Waals surface area contributed by atoms with Crippen molar-refractivity contribution >= 4 is 21.5 Å². The number of aromatic nitrogens is 3. The Morgan fingerprint density at radius 3 is 2.85 bits per heavy atom. The summed E-state index contributed by atoms with van der Waals surface area (Å²) < 4.78 is 1.03. The van der Waals surface area contributed by atoms with Crippen LogP contribution in [0, 0.1) is 6.92 Å². The molecule has 0 radical (unpaired) electrons. The molecule has 2 aromatic heterocycles. The molecule has 0 fully saturated rings. The predicted octanol–water partition coefficient (Wildman–Crippen LogP) is 6.07. The number of nitrogens with zero attached hydrogens (tertiary/aromatic N) is 2. The van der Waals surface area contributed by atoms with E-state index in [0.717, 1.165) is 43.8 Å². The predicted molar refractivity (Wildman–Crippen MR) is 113 cm³/mol.